The Balaban J connectivity index is 1.16. The first kappa shape index (κ1) is 25.3. The predicted molar refractivity (Wildman–Crippen MR) is 148 cm³/mol. The zero-order valence-corrected chi connectivity index (χ0v) is 22.0. The van der Waals surface area contributed by atoms with Crippen molar-refractivity contribution in [2.24, 2.45) is 5.41 Å². The summed E-state index contributed by atoms with van der Waals surface area (Å²) >= 11 is 0. The summed E-state index contributed by atoms with van der Waals surface area (Å²) in [6, 6.07) is 14.4. The summed E-state index contributed by atoms with van der Waals surface area (Å²) in [6.07, 6.45) is 6.28. The number of aromatic nitrogens is 4. The fraction of sp³-hybridized carbons (Fsp3) is 0.310. The van der Waals surface area contributed by atoms with Gasteiger partial charge in [-0.1, -0.05) is 0 Å². The lowest BCUT2D eigenvalue weighted by Gasteiger charge is -2.34. The monoisotopic (exact) mass is 536 g/mol. The van der Waals surface area contributed by atoms with Gasteiger partial charge < -0.3 is 20.3 Å². The van der Waals surface area contributed by atoms with Gasteiger partial charge in [-0.2, -0.15) is 10.4 Å². The fourth-order valence-corrected chi connectivity index (χ4v) is 4.98. The maximum Gasteiger partial charge on any atom is 0.256 e. The Labute approximate surface area is 230 Å². The molecule has 1 aliphatic heterocycles. The summed E-state index contributed by atoms with van der Waals surface area (Å²) in [6.45, 7) is 3.10. The van der Waals surface area contributed by atoms with E-state index in [9.17, 15) is 14.9 Å². The SMILES string of the molecule is Cc1ccnc(NC(=O)c2ccc(Oc3ccnc4[nH]nc(NC5CCCN(C(=O)C6(C#N)CC6)C5)c34)cc2)c1. The minimum Gasteiger partial charge on any atom is -0.456 e. The molecule has 11 heteroatoms. The molecule has 0 bridgehead atoms. The van der Waals surface area contributed by atoms with E-state index in [4.69, 9.17) is 4.74 Å². The maximum atomic E-state index is 12.9. The van der Waals surface area contributed by atoms with E-state index in [0.717, 1.165) is 18.4 Å². The second kappa shape index (κ2) is 10.3. The van der Waals surface area contributed by atoms with Crippen LogP contribution in [0, 0.1) is 23.7 Å². The number of carbonyl (C=O) groups is 2. The van der Waals surface area contributed by atoms with Gasteiger partial charge in [0.25, 0.3) is 5.91 Å². The second-order valence-electron chi connectivity index (χ2n) is 10.3. The summed E-state index contributed by atoms with van der Waals surface area (Å²) in [5.41, 5.74) is 1.22. The van der Waals surface area contributed by atoms with Crippen LogP contribution in [0.25, 0.3) is 11.0 Å². The molecule has 1 atom stereocenters. The van der Waals surface area contributed by atoms with Gasteiger partial charge in [-0.15, -0.1) is 0 Å². The zero-order valence-electron chi connectivity index (χ0n) is 22.0. The quantitative estimate of drug-likeness (QED) is 0.314. The number of rotatable bonds is 7. The average Bonchev–Trinajstić information content (AvgIpc) is 3.67. The summed E-state index contributed by atoms with van der Waals surface area (Å²) in [4.78, 5) is 35.9. The summed E-state index contributed by atoms with van der Waals surface area (Å²) in [7, 11) is 0. The standard InChI is InChI=1S/C29H28N8O3/c1-18-8-12-31-23(15-18)34-27(38)19-4-6-21(7-5-19)40-22-9-13-32-25-24(22)26(36-35-25)33-20-3-2-14-37(16-20)28(39)29(17-30)10-11-29/h4-9,12-13,15,20H,2-3,10-11,14,16H2,1H3,(H,31,34,38)(H2,32,33,35,36). The van der Waals surface area contributed by atoms with Crippen molar-refractivity contribution in [1.29, 1.82) is 5.26 Å². The minimum absolute atomic E-state index is 0.0209. The second-order valence-corrected chi connectivity index (χ2v) is 10.3. The molecule has 1 saturated heterocycles. The lowest BCUT2D eigenvalue weighted by molar-refractivity contribution is -0.136. The van der Waals surface area contributed by atoms with Crippen LogP contribution in [0.1, 0.15) is 41.6 Å². The van der Waals surface area contributed by atoms with Crippen LogP contribution >= 0.6 is 0 Å². The van der Waals surface area contributed by atoms with Crippen LogP contribution in [0.3, 0.4) is 0 Å². The van der Waals surface area contributed by atoms with Crippen LogP contribution in [-0.2, 0) is 4.79 Å². The molecule has 2 amide bonds. The minimum atomic E-state index is -0.820. The third-order valence-corrected chi connectivity index (χ3v) is 7.35. The molecule has 3 aromatic heterocycles. The number of anilines is 2. The molecule has 0 spiro atoms. The summed E-state index contributed by atoms with van der Waals surface area (Å²) in [5, 5.41) is 23.8. The maximum absolute atomic E-state index is 12.9. The van der Waals surface area contributed by atoms with E-state index in [1.807, 2.05) is 13.0 Å². The number of piperidine rings is 1. The van der Waals surface area contributed by atoms with E-state index in [-0.39, 0.29) is 17.9 Å². The number of carbonyl (C=O) groups excluding carboxylic acids is 2. The molecule has 40 heavy (non-hydrogen) atoms. The smallest absolute Gasteiger partial charge is 0.256 e. The molecular formula is C29H28N8O3. The number of hydrogen-bond donors (Lipinski definition) is 3. The first-order valence-electron chi connectivity index (χ1n) is 13.3. The van der Waals surface area contributed by atoms with Crippen molar-refractivity contribution in [3.05, 3.63) is 66.0 Å². The van der Waals surface area contributed by atoms with Crippen LogP contribution in [0.5, 0.6) is 11.5 Å². The van der Waals surface area contributed by atoms with E-state index < -0.39 is 5.41 Å². The van der Waals surface area contributed by atoms with Gasteiger partial charge in [-0.3, -0.25) is 14.7 Å². The number of nitrogens with zero attached hydrogens (tertiary/aromatic N) is 5. The Bertz CT molecular complexity index is 1620. The van der Waals surface area contributed by atoms with Crippen LogP contribution < -0.4 is 15.4 Å². The third-order valence-electron chi connectivity index (χ3n) is 7.35. The zero-order chi connectivity index (χ0) is 27.7. The molecule has 1 unspecified atom stereocenters. The number of benzene rings is 1. The van der Waals surface area contributed by atoms with Gasteiger partial charge in [0.2, 0.25) is 5.91 Å². The number of nitriles is 1. The van der Waals surface area contributed by atoms with E-state index in [0.29, 0.717) is 65.7 Å². The number of likely N-dealkylation sites (tertiary alicyclic amines) is 1. The molecule has 1 saturated carbocycles. The highest BCUT2D eigenvalue weighted by atomic mass is 16.5. The largest absolute Gasteiger partial charge is 0.456 e. The number of ether oxygens (including phenoxy) is 1. The van der Waals surface area contributed by atoms with Crippen LogP contribution in [0.2, 0.25) is 0 Å². The molecule has 2 aliphatic rings. The van der Waals surface area contributed by atoms with Gasteiger partial charge in [0.1, 0.15) is 28.1 Å². The van der Waals surface area contributed by atoms with Crippen molar-refractivity contribution >= 4 is 34.5 Å². The Kier molecular flexibility index (Phi) is 6.51. The molecule has 11 nitrogen and oxygen atoms in total. The normalized spacial score (nSPS) is 17.6. The first-order chi connectivity index (χ1) is 19.4. The van der Waals surface area contributed by atoms with Crippen LogP contribution in [0.4, 0.5) is 11.6 Å². The molecule has 4 aromatic rings. The fourth-order valence-electron chi connectivity index (χ4n) is 4.98. The Morgan fingerprint density at radius 2 is 1.95 bits per heavy atom. The molecule has 3 N–H and O–H groups in total. The number of amides is 2. The van der Waals surface area contributed by atoms with Crippen molar-refractivity contribution in [3.63, 3.8) is 0 Å². The van der Waals surface area contributed by atoms with Gasteiger partial charge >= 0.3 is 0 Å². The van der Waals surface area contributed by atoms with Crippen molar-refractivity contribution < 1.29 is 14.3 Å². The lowest BCUT2D eigenvalue weighted by atomic mass is 10.0. The molecular weight excluding hydrogens is 508 g/mol. The highest BCUT2D eigenvalue weighted by Crippen LogP contribution is 2.47. The van der Waals surface area contributed by atoms with E-state index in [2.05, 4.69) is 36.9 Å². The van der Waals surface area contributed by atoms with Crippen molar-refractivity contribution in [3.8, 4) is 17.6 Å². The number of nitrogens with one attached hydrogen (secondary N) is 3. The number of hydrogen-bond acceptors (Lipinski definition) is 8. The molecule has 1 aromatic carbocycles. The number of aromatic amines is 1. The molecule has 1 aliphatic carbocycles. The average molecular weight is 537 g/mol. The van der Waals surface area contributed by atoms with E-state index in [1.165, 1.54) is 0 Å². The van der Waals surface area contributed by atoms with Gasteiger partial charge in [0, 0.05) is 43.2 Å². The number of H-pyrrole nitrogens is 1. The molecule has 0 radical (unpaired) electrons. The first-order valence-corrected chi connectivity index (χ1v) is 13.3. The van der Waals surface area contributed by atoms with Crippen LogP contribution in [-0.4, -0.2) is 56.0 Å². The van der Waals surface area contributed by atoms with Gasteiger partial charge in [0.05, 0.1) is 6.07 Å². The van der Waals surface area contributed by atoms with Gasteiger partial charge in [0.15, 0.2) is 11.5 Å². The highest BCUT2D eigenvalue weighted by molar-refractivity contribution is 6.03. The molecule has 6 rings (SSSR count). The van der Waals surface area contributed by atoms with Gasteiger partial charge in [-0.25, -0.2) is 9.97 Å². The van der Waals surface area contributed by atoms with Crippen molar-refractivity contribution in [1.82, 2.24) is 25.1 Å². The molecule has 202 valence electrons. The van der Waals surface area contributed by atoms with E-state index in [1.54, 1.807) is 53.7 Å². The van der Waals surface area contributed by atoms with E-state index >= 15 is 0 Å². The number of fused-ring (bicyclic) bond motifs is 1. The van der Waals surface area contributed by atoms with Crippen molar-refractivity contribution in [2.45, 2.75) is 38.6 Å². The van der Waals surface area contributed by atoms with Gasteiger partial charge in [-0.05, 0) is 74.6 Å². The number of aryl methyl sites for hydroxylation is 1. The Hall–Kier alpha value is -4.98. The van der Waals surface area contributed by atoms with Crippen molar-refractivity contribution in [2.75, 3.05) is 23.7 Å². The third kappa shape index (κ3) is 5.03. The van der Waals surface area contributed by atoms with Crippen LogP contribution in [0.15, 0.2) is 54.9 Å². The summed E-state index contributed by atoms with van der Waals surface area (Å²) < 4.78 is 6.19. The Morgan fingerprint density at radius 1 is 1.15 bits per heavy atom. The molecule has 2 fully saturated rings. The topological polar surface area (TPSA) is 149 Å². The Morgan fingerprint density at radius 3 is 2.70 bits per heavy atom. The molecule has 4 heterocycles. The summed E-state index contributed by atoms with van der Waals surface area (Å²) in [5.74, 6) is 1.84. The predicted octanol–water partition coefficient (Wildman–Crippen LogP) is 4.41. The number of pyridine rings is 2. The lowest BCUT2D eigenvalue weighted by Crippen LogP contribution is -2.47. The highest BCUT2D eigenvalue weighted by Gasteiger charge is 2.53.